The third-order valence-corrected chi connectivity index (χ3v) is 2.71. The molecule has 0 bridgehead atoms. The number of nitrogens with zero attached hydrogens (tertiary/aromatic N) is 2. The van der Waals surface area contributed by atoms with Crippen LogP contribution in [0.4, 0.5) is 11.6 Å². The van der Waals surface area contributed by atoms with Crippen LogP contribution in [0.1, 0.15) is 13.3 Å². The van der Waals surface area contributed by atoms with Crippen molar-refractivity contribution in [3.05, 3.63) is 12.4 Å². The molecule has 7 nitrogen and oxygen atoms in total. The van der Waals surface area contributed by atoms with Gasteiger partial charge in [0.05, 0.1) is 18.6 Å². The topological polar surface area (TPSA) is 96.0 Å². The maximum absolute atomic E-state index is 10.8. The summed E-state index contributed by atoms with van der Waals surface area (Å²) in [5, 5.41) is 6.12. The van der Waals surface area contributed by atoms with Gasteiger partial charge in [0.2, 0.25) is 10.0 Å². The van der Waals surface area contributed by atoms with E-state index in [2.05, 4.69) is 32.2 Å². The lowest BCUT2D eigenvalue weighted by Crippen LogP contribution is -2.27. The van der Waals surface area contributed by atoms with E-state index < -0.39 is 10.0 Å². The monoisotopic (exact) mass is 273 g/mol. The fourth-order valence-corrected chi connectivity index (χ4v) is 1.69. The van der Waals surface area contributed by atoms with Gasteiger partial charge >= 0.3 is 0 Å². The van der Waals surface area contributed by atoms with Crippen LogP contribution in [0.3, 0.4) is 0 Å². The molecule has 0 aromatic carbocycles. The molecule has 0 radical (unpaired) electrons. The largest absolute Gasteiger partial charge is 0.369 e. The first kappa shape index (κ1) is 14.7. The molecule has 0 amide bonds. The van der Waals surface area contributed by atoms with E-state index in [1.54, 1.807) is 12.4 Å². The molecule has 18 heavy (non-hydrogen) atoms. The van der Waals surface area contributed by atoms with E-state index in [-0.39, 0.29) is 0 Å². The maximum Gasteiger partial charge on any atom is 0.208 e. The molecule has 0 unspecified atom stereocenters. The molecule has 0 saturated carbocycles. The lowest BCUT2D eigenvalue weighted by molar-refractivity contribution is 0.589. The van der Waals surface area contributed by atoms with Crippen molar-refractivity contribution in [3.63, 3.8) is 0 Å². The fraction of sp³-hybridized carbons (Fsp3) is 0.600. The van der Waals surface area contributed by atoms with Gasteiger partial charge in [0.25, 0.3) is 0 Å². The van der Waals surface area contributed by atoms with Gasteiger partial charge in [0.1, 0.15) is 11.6 Å². The molecule has 0 fully saturated rings. The molecule has 0 atom stereocenters. The fourth-order valence-electron chi connectivity index (χ4n) is 1.22. The molecule has 8 heteroatoms. The quantitative estimate of drug-likeness (QED) is 0.588. The highest BCUT2D eigenvalue weighted by Gasteiger charge is 2.00. The lowest BCUT2D eigenvalue weighted by Gasteiger charge is -2.08. The van der Waals surface area contributed by atoms with Crippen LogP contribution in [0.25, 0.3) is 0 Å². The minimum absolute atomic E-state index is 0.313. The number of hydrogen-bond donors (Lipinski definition) is 3. The zero-order valence-electron chi connectivity index (χ0n) is 10.6. The van der Waals surface area contributed by atoms with Gasteiger partial charge in [-0.25, -0.2) is 18.1 Å². The average molecular weight is 273 g/mol. The molecule has 0 aliphatic carbocycles. The molecule has 0 aliphatic heterocycles. The second-order valence-corrected chi connectivity index (χ2v) is 5.64. The molecular formula is C10H19N5O2S. The highest BCUT2D eigenvalue weighted by molar-refractivity contribution is 7.88. The Kier molecular flexibility index (Phi) is 5.79. The lowest BCUT2D eigenvalue weighted by atomic mass is 10.5. The number of hydrogen-bond acceptors (Lipinski definition) is 6. The minimum atomic E-state index is -3.14. The van der Waals surface area contributed by atoms with Crippen LogP contribution in [-0.4, -0.2) is 44.3 Å². The van der Waals surface area contributed by atoms with Crippen molar-refractivity contribution < 1.29 is 8.42 Å². The Bertz CT molecular complexity index is 463. The maximum atomic E-state index is 10.8. The third-order valence-electron chi connectivity index (χ3n) is 1.99. The summed E-state index contributed by atoms with van der Waals surface area (Å²) in [5.41, 5.74) is 0. The van der Waals surface area contributed by atoms with Crippen LogP contribution in [0.15, 0.2) is 12.4 Å². The molecule has 1 heterocycles. The van der Waals surface area contributed by atoms with Crippen molar-refractivity contribution in [2.75, 3.05) is 36.5 Å². The number of aromatic nitrogens is 2. The number of rotatable bonds is 8. The minimum Gasteiger partial charge on any atom is -0.369 e. The summed E-state index contributed by atoms with van der Waals surface area (Å²) in [7, 11) is -3.14. The van der Waals surface area contributed by atoms with Crippen molar-refractivity contribution in [2.24, 2.45) is 0 Å². The van der Waals surface area contributed by atoms with Gasteiger partial charge in [-0.2, -0.15) is 0 Å². The van der Waals surface area contributed by atoms with Gasteiger partial charge in [-0.3, -0.25) is 4.98 Å². The van der Waals surface area contributed by atoms with Gasteiger partial charge in [0.15, 0.2) is 0 Å². The summed E-state index contributed by atoms with van der Waals surface area (Å²) in [5.74, 6) is 1.32. The van der Waals surface area contributed by atoms with Crippen molar-refractivity contribution in [3.8, 4) is 0 Å². The molecule has 102 valence electrons. The molecule has 1 rings (SSSR count). The first-order chi connectivity index (χ1) is 8.51. The average Bonchev–Trinajstić information content (AvgIpc) is 2.31. The van der Waals surface area contributed by atoms with Crippen LogP contribution in [0, 0.1) is 0 Å². The SMILES string of the molecule is CCCNc1cncc(NCCNS(C)(=O)=O)n1. The summed E-state index contributed by atoms with van der Waals surface area (Å²) in [6.07, 6.45) is 5.38. The summed E-state index contributed by atoms with van der Waals surface area (Å²) >= 11 is 0. The Balaban J connectivity index is 2.38. The van der Waals surface area contributed by atoms with E-state index in [0.29, 0.717) is 24.7 Å². The molecule has 0 aliphatic rings. The highest BCUT2D eigenvalue weighted by atomic mass is 32.2. The number of sulfonamides is 1. The second-order valence-electron chi connectivity index (χ2n) is 3.81. The third kappa shape index (κ3) is 6.36. The van der Waals surface area contributed by atoms with E-state index in [1.165, 1.54) is 0 Å². The van der Waals surface area contributed by atoms with E-state index in [9.17, 15) is 8.42 Å². The molecule has 1 aromatic heterocycles. The van der Waals surface area contributed by atoms with E-state index in [4.69, 9.17) is 0 Å². The number of nitrogens with one attached hydrogen (secondary N) is 3. The standard InChI is InChI=1S/C10H19N5O2S/c1-3-4-12-9-7-11-8-10(15-9)13-5-6-14-18(2,16)17/h7-8,14H,3-6H2,1-2H3,(H2,12,13,15). The molecular weight excluding hydrogens is 254 g/mol. The van der Waals surface area contributed by atoms with Crippen molar-refractivity contribution in [1.82, 2.24) is 14.7 Å². The Labute approximate surface area is 107 Å². The van der Waals surface area contributed by atoms with Gasteiger partial charge in [0, 0.05) is 19.6 Å². The zero-order chi connectivity index (χ0) is 13.4. The predicted octanol–water partition coefficient (Wildman–Crippen LogP) is 0.260. The summed E-state index contributed by atoms with van der Waals surface area (Å²) < 4.78 is 24.1. The Morgan fingerprint density at radius 1 is 1.11 bits per heavy atom. The first-order valence-corrected chi connectivity index (χ1v) is 7.65. The summed E-state index contributed by atoms with van der Waals surface area (Å²) in [6.45, 7) is 3.68. The molecule has 0 saturated heterocycles. The smallest absolute Gasteiger partial charge is 0.208 e. The highest BCUT2D eigenvalue weighted by Crippen LogP contribution is 2.05. The van der Waals surface area contributed by atoms with Crippen LogP contribution in [-0.2, 0) is 10.0 Å². The Morgan fingerprint density at radius 3 is 2.28 bits per heavy atom. The Hall–Kier alpha value is -1.41. The molecule has 1 aromatic rings. The van der Waals surface area contributed by atoms with Gasteiger partial charge in [-0.05, 0) is 6.42 Å². The van der Waals surface area contributed by atoms with Crippen LogP contribution in [0.5, 0.6) is 0 Å². The van der Waals surface area contributed by atoms with E-state index in [1.807, 2.05) is 0 Å². The van der Waals surface area contributed by atoms with Crippen molar-refractivity contribution in [1.29, 1.82) is 0 Å². The van der Waals surface area contributed by atoms with Gasteiger partial charge < -0.3 is 10.6 Å². The second kappa shape index (κ2) is 7.12. The summed E-state index contributed by atoms with van der Waals surface area (Å²) in [4.78, 5) is 8.32. The molecule has 3 N–H and O–H groups in total. The number of anilines is 2. The predicted molar refractivity (Wildman–Crippen MR) is 72.1 cm³/mol. The normalized spacial score (nSPS) is 11.2. The van der Waals surface area contributed by atoms with E-state index in [0.717, 1.165) is 19.2 Å². The zero-order valence-corrected chi connectivity index (χ0v) is 11.4. The van der Waals surface area contributed by atoms with Crippen molar-refractivity contribution >= 4 is 21.7 Å². The van der Waals surface area contributed by atoms with Crippen LogP contribution in [0.2, 0.25) is 0 Å². The van der Waals surface area contributed by atoms with Crippen LogP contribution >= 0.6 is 0 Å². The Morgan fingerprint density at radius 2 is 1.72 bits per heavy atom. The first-order valence-electron chi connectivity index (χ1n) is 5.75. The summed E-state index contributed by atoms with van der Waals surface area (Å²) in [6, 6.07) is 0. The molecule has 0 spiro atoms. The van der Waals surface area contributed by atoms with Crippen molar-refractivity contribution in [2.45, 2.75) is 13.3 Å². The van der Waals surface area contributed by atoms with Crippen LogP contribution < -0.4 is 15.4 Å². The van der Waals surface area contributed by atoms with E-state index >= 15 is 0 Å². The van der Waals surface area contributed by atoms with Gasteiger partial charge in [-0.15, -0.1) is 0 Å². The van der Waals surface area contributed by atoms with Gasteiger partial charge in [-0.1, -0.05) is 6.92 Å².